The molecule has 4 aromatic rings. The molecule has 3 aromatic heterocycles. The molecule has 0 fully saturated rings. The van der Waals surface area contributed by atoms with Crippen LogP contribution in [0.2, 0.25) is 0 Å². The molecule has 0 bridgehead atoms. The summed E-state index contributed by atoms with van der Waals surface area (Å²) in [6.07, 6.45) is 1.95. The van der Waals surface area contributed by atoms with Crippen molar-refractivity contribution in [1.82, 2.24) is 23.9 Å². The van der Waals surface area contributed by atoms with Crippen LogP contribution in [0.5, 0.6) is 5.75 Å². The fourth-order valence-corrected chi connectivity index (χ4v) is 3.21. The Kier molecular flexibility index (Phi) is 4.64. The van der Waals surface area contributed by atoms with Crippen LogP contribution in [0.15, 0.2) is 54.0 Å². The summed E-state index contributed by atoms with van der Waals surface area (Å²) in [4.78, 5) is 17.5. The average Bonchev–Trinajstić information content (AvgIpc) is 3.30. The van der Waals surface area contributed by atoms with Gasteiger partial charge >= 0.3 is 6.36 Å². The highest BCUT2D eigenvalue weighted by molar-refractivity contribution is 5.91. The lowest BCUT2D eigenvalue weighted by Gasteiger charge is -2.12. The van der Waals surface area contributed by atoms with Gasteiger partial charge in [0.15, 0.2) is 0 Å². The molecule has 0 aliphatic heterocycles. The summed E-state index contributed by atoms with van der Waals surface area (Å²) < 4.78 is 45.9. The van der Waals surface area contributed by atoms with Crippen LogP contribution in [0.4, 0.5) is 13.2 Å². The van der Waals surface area contributed by atoms with Crippen LogP contribution < -0.4 is 10.3 Å². The van der Waals surface area contributed by atoms with E-state index < -0.39 is 6.36 Å². The number of aryl methyl sites for hydroxylation is 1. The lowest BCUT2D eigenvalue weighted by Crippen LogP contribution is -2.20. The summed E-state index contributed by atoms with van der Waals surface area (Å²) in [5.74, 6) is -0.362. The van der Waals surface area contributed by atoms with Crippen molar-refractivity contribution in [1.29, 1.82) is 0 Å². The van der Waals surface area contributed by atoms with Gasteiger partial charge in [-0.3, -0.25) is 14.0 Å². The molecule has 0 aliphatic rings. The maximum Gasteiger partial charge on any atom is 0.573 e. The molecule has 1 aromatic carbocycles. The van der Waals surface area contributed by atoms with Crippen LogP contribution in [-0.4, -0.2) is 30.3 Å². The standard InChI is InChI=1S/C20H18F3N5O2/c1-12(2)28-9-13(8-25-28)16-10-27(19(29)18-17(16)24-11-26(18)3)14-4-6-15(7-5-14)30-20(21,22)23/h4-12H,1-3H3. The van der Waals surface area contributed by atoms with Gasteiger partial charge in [-0.2, -0.15) is 5.10 Å². The van der Waals surface area contributed by atoms with E-state index >= 15 is 0 Å². The molecule has 0 amide bonds. The van der Waals surface area contributed by atoms with Crippen molar-refractivity contribution in [2.75, 3.05) is 0 Å². The third kappa shape index (κ3) is 3.56. The Morgan fingerprint density at radius 1 is 1.10 bits per heavy atom. The Morgan fingerprint density at radius 3 is 2.40 bits per heavy atom. The van der Waals surface area contributed by atoms with E-state index in [1.165, 1.54) is 28.8 Å². The van der Waals surface area contributed by atoms with Gasteiger partial charge in [0.1, 0.15) is 16.8 Å². The summed E-state index contributed by atoms with van der Waals surface area (Å²) in [5, 5.41) is 4.35. The van der Waals surface area contributed by atoms with Crippen molar-refractivity contribution in [3.63, 3.8) is 0 Å². The quantitative estimate of drug-likeness (QED) is 0.502. The Bertz CT molecular complexity index is 1270. The number of nitrogens with zero attached hydrogens (tertiary/aromatic N) is 5. The predicted octanol–water partition coefficient (Wildman–Crippen LogP) is 4.07. The average molecular weight is 417 g/mol. The lowest BCUT2D eigenvalue weighted by atomic mass is 10.1. The van der Waals surface area contributed by atoms with Gasteiger partial charge < -0.3 is 9.30 Å². The SMILES string of the molecule is CC(C)n1cc(-c2cn(-c3ccc(OC(F)(F)F)cc3)c(=O)c3c2ncn3C)cn1. The molecular weight excluding hydrogens is 399 g/mol. The number of hydrogen-bond acceptors (Lipinski definition) is 4. The third-order valence-corrected chi connectivity index (χ3v) is 4.66. The van der Waals surface area contributed by atoms with E-state index in [2.05, 4.69) is 14.8 Å². The Hall–Kier alpha value is -3.56. The number of imidazole rings is 1. The molecule has 156 valence electrons. The van der Waals surface area contributed by atoms with E-state index in [0.717, 1.165) is 5.56 Å². The monoisotopic (exact) mass is 417 g/mol. The van der Waals surface area contributed by atoms with E-state index in [0.29, 0.717) is 22.3 Å². The van der Waals surface area contributed by atoms with Crippen LogP contribution >= 0.6 is 0 Å². The molecule has 30 heavy (non-hydrogen) atoms. The first-order chi connectivity index (χ1) is 14.1. The van der Waals surface area contributed by atoms with Gasteiger partial charge in [-0.1, -0.05) is 0 Å². The number of hydrogen-bond donors (Lipinski definition) is 0. The molecule has 10 heteroatoms. The number of halogens is 3. The molecule has 0 N–H and O–H groups in total. The maximum absolute atomic E-state index is 13.1. The number of fused-ring (bicyclic) bond motifs is 1. The molecular formula is C20H18F3N5O2. The maximum atomic E-state index is 13.1. The second-order valence-electron chi connectivity index (χ2n) is 7.12. The van der Waals surface area contributed by atoms with E-state index in [1.807, 2.05) is 20.0 Å². The van der Waals surface area contributed by atoms with E-state index in [1.54, 1.807) is 35.0 Å². The lowest BCUT2D eigenvalue weighted by molar-refractivity contribution is -0.274. The fraction of sp³-hybridized carbons (Fsp3) is 0.250. The van der Waals surface area contributed by atoms with Gasteiger partial charge in [0.25, 0.3) is 5.56 Å². The minimum atomic E-state index is -4.78. The first kappa shape index (κ1) is 19.7. The number of benzene rings is 1. The summed E-state index contributed by atoms with van der Waals surface area (Å²) in [6, 6.07) is 5.28. The molecule has 0 aliphatic carbocycles. The highest BCUT2D eigenvalue weighted by Gasteiger charge is 2.31. The minimum Gasteiger partial charge on any atom is -0.406 e. The third-order valence-electron chi connectivity index (χ3n) is 4.66. The molecule has 7 nitrogen and oxygen atoms in total. The van der Waals surface area contributed by atoms with Crippen LogP contribution in [0.3, 0.4) is 0 Å². The highest BCUT2D eigenvalue weighted by atomic mass is 19.4. The fourth-order valence-electron chi connectivity index (χ4n) is 3.21. The molecule has 0 saturated heterocycles. The molecule has 0 radical (unpaired) electrons. The zero-order valence-corrected chi connectivity index (χ0v) is 16.4. The second kappa shape index (κ2) is 7.05. The van der Waals surface area contributed by atoms with Crippen molar-refractivity contribution >= 4 is 11.0 Å². The molecule has 0 atom stereocenters. The summed E-state index contributed by atoms with van der Waals surface area (Å²) in [6.45, 7) is 4.00. The molecule has 0 saturated carbocycles. The van der Waals surface area contributed by atoms with Crippen LogP contribution in [0.1, 0.15) is 19.9 Å². The molecule has 4 rings (SSSR count). The highest BCUT2D eigenvalue weighted by Crippen LogP contribution is 2.28. The number of ether oxygens (including phenoxy) is 1. The van der Waals surface area contributed by atoms with Crippen molar-refractivity contribution in [2.24, 2.45) is 7.05 Å². The second-order valence-corrected chi connectivity index (χ2v) is 7.12. The Labute approximate surface area is 168 Å². The smallest absolute Gasteiger partial charge is 0.406 e. The molecule has 0 unspecified atom stereocenters. The number of rotatable bonds is 4. The first-order valence-corrected chi connectivity index (χ1v) is 9.11. The largest absolute Gasteiger partial charge is 0.573 e. The normalized spacial score (nSPS) is 12.1. The van der Waals surface area contributed by atoms with Crippen LogP contribution in [0.25, 0.3) is 27.8 Å². The summed E-state index contributed by atoms with van der Waals surface area (Å²) >= 11 is 0. The van der Waals surface area contributed by atoms with Gasteiger partial charge in [0.2, 0.25) is 0 Å². The number of pyridine rings is 1. The Morgan fingerprint density at radius 2 is 1.80 bits per heavy atom. The zero-order valence-electron chi connectivity index (χ0n) is 16.4. The van der Waals surface area contributed by atoms with Gasteiger partial charge in [-0.25, -0.2) is 4.98 Å². The first-order valence-electron chi connectivity index (χ1n) is 9.11. The predicted molar refractivity (Wildman–Crippen MR) is 105 cm³/mol. The van der Waals surface area contributed by atoms with Crippen molar-refractivity contribution in [3.8, 4) is 22.6 Å². The van der Waals surface area contributed by atoms with E-state index in [4.69, 9.17) is 0 Å². The summed E-state index contributed by atoms with van der Waals surface area (Å²) in [5.41, 5.74) is 2.43. The van der Waals surface area contributed by atoms with Gasteiger partial charge in [0, 0.05) is 42.3 Å². The summed E-state index contributed by atoms with van der Waals surface area (Å²) in [7, 11) is 1.71. The zero-order chi connectivity index (χ0) is 21.6. The van der Waals surface area contributed by atoms with Crippen LogP contribution in [0, 0.1) is 0 Å². The molecule has 0 spiro atoms. The van der Waals surface area contributed by atoms with E-state index in [9.17, 15) is 18.0 Å². The van der Waals surface area contributed by atoms with Gasteiger partial charge in [-0.15, -0.1) is 13.2 Å². The number of alkyl halides is 3. The van der Waals surface area contributed by atoms with Crippen molar-refractivity contribution < 1.29 is 17.9 Å². The van der Waals surface area contributed by atoms with Crippen molar-refractivity contribution in [3.05, 3.63) is 59.5 Å². The van der Waals surface area contributed by atoms with Gasteiger partial charge in [-0.05, 0) is 38.1 Å². The van der Waals surface area contributed by atoms with E-state index in [-0.39, 0.29) is 17.4 Å². The number of aromatic nitrogens is 5. The van der Waals surface area contributed by atoms with Crippen molar-refractivity contribution in [2.45, 2.75) is 26.3 Å². The minimum absolute atomic E-state index is 0.157. The van der Waals surface area contributed by atoms with Crippen LogP contribution in [-0.2, 0) is 7.05 Å². The topological polar surface area (TPSA) is 66.9 Å². The van der Waals surface area contributed by atoms with Gasteiger partial charge in [0.05, 0.1) is 12.5 Å². The Balaban J connectivity index is 1.87. The molecule has 3 heterocycles.